The minimum Gasteiger partial charge on any atom is -0.271 e. The van der Waals surface area contributed by atoms with Gasteiger partial charge in [-0.3, -0.25) is 9.80 Å². The Balaban J connectivity index is 1.30. The quantitative estimate of drug-likeness (QED) is 0.560. The van der Waals surface area contributed by atoms with Crippen molar-refractivity contribution in [1.29, 1.82) is 0 Å². The summed E-state index contributed by atoms with van der Waals surface area (Å²) in [6, 6.07) is 16.2. The lowest BCUT2D eigenvalue weighted by atomic mass is 10.3. The van der Waals surface area contributed by atoms with E-state index in [-0.39, 0.29) is 0 Å². The highest BCUT2D eigenvalue weighted by atomic mass is 15.5. The summed E-state index contributed by atoms with van der Waals surface area (Å²) < 4.78 is 3.95. The van der Waals surface area contributed by atoms with Crippen LogP contribution in [0.5, 0.6) is 0 Å². The van der Waals surface area contributed by atoms with Crippen LogP contribution in [-0.4, -0.2) is 59.5 Å². The van der Waals surface area contributed by atoms with Crippen molar-refractivity contribution in [2.24, 2.45) is 0 Å². The predicted molar refractivity (Wildman–Crippen MR) is 98.0 cm³/mol. The van der Waals surface area contributed by atoms with Crippen LogP contribution in [-0.2, 0) is 13.3 Å². The number of para-hydroxylation sites is 2. The maximum absolute atomic E-state index is 4.31. The Morgan fingerprint density at radius 2 is 1.19 bits per heavy atom. The molecule has 8 nitrogen and oxygen atoms in total. The lowest BCUT2D eigenvalue weighted by Gasteiger charge is -2.35. The molecule has 0 unspecified atom stereocenters. The summed E-state index contributed by atoms with van der Waals surface area (Å²) in [5, 5.41) is 17.1. The molecule has 1 aliphatic heterocycles. The average molecular weight is 348 g/mol. The number of fused-ring (bicyclic) bond motifs is 2. The van der Waals surface area contributed by atoms with E-state index in [1.807, 2.05) is 45.8 Å². The molecule has 2 aromatic carbocycles. The second-order valence-electron chi connectivity index (χ2n) is 6.72. The maximum atomic E-state index is 4.31. The summed E-state index contributed by atoms with van der Waals surface area (Å²) in [5.41, 5.74) is 4.03. The first kappa shape index (κ1) is 15.4. The van der Waals surface area contributed by atoms with Crippen molar-refractivity contribution < 1.29 is 0 Å². The first-order chi connectivity index (χ1) is 12.9. The molecule has 0 radical (unpaired) electrons. The van der Waals surface area contributed by atoms with Crippen molar-refractivity contribution in [3.63, 3.8) is 0 Å². The Morgan fingerprint density at radius 3 is 1.73 bits per heavy atom. The molecule has 26 heavy (non-hydrogen) atoms. The molecule has 1 fully saturated rings. The largest absolute Gasteiger partial charge is 0.271 e. The van der Waals surface area contributed by atoms with Crippen LogP contribution in [0.4, 0.5) is 0 Å². The van der Waals surface area contributed by atoms with Crippen LogP contribution >= 0.6 is 0 Å². The summed E-state index contributed by atoms with van der Waals surface area (Å²) >= 11 is 0. The molecule has 0 bridgehead atoms. The van der Waals surface area contributed by atoms with Gasteiger partial charge in [-0.05, 0) is 30.7 Å². The van der Waals surface area contributed by atoms with Gasteiger partial charge in [0.1, 0.15) is 11.0 Å². The van der Waals surface area contributed by atoms with E-state index in [2.05, 4.69) is 42.6 Å². The third-order valence-electron chi connectivity index (χ3n) is 4.86. The number of hydrogen-bond acceptors (Lipinski definition) is 6. The molecule has 132 valence electrons. The van der Waals surface area contributed by atoms with Crippen LogP contribution in [0, 0.1) is 0 Å². The Labute approximate surface area is 150 Å². The van der Waals surface area contributed by atoms with Crippen LogP contribution in [0.1, 0.15) is 6.42 Å². The van der Waals surface area contributed by atoms with E-state index in [1.165, 1.54) is 0 Å². The van der Waals surface area contributed by atoms with Gasteiger partial charge in [0.25, 0.3) is 0 Å². The zero-order valence-electron chi connectivity index (χ0n) is 14.4. The van der Waals surface area contributed by atoms with E-state index in [4.69, 9.17) is 0 Å². The predicted octanol–water partition coefficient (Wildman–Crippen LogP) is 1.76. The van der Waals surface area contributed by atoms with Crippen LogP contribution in [0.3, 0.4) is 0 Å². The van der Waals surface area contributed by atoms with E-state index in [0.717, 1.165) is 61.6 Å². The minimum atomic E-state index is 0.745. The van der Waals surface area contributed by atoms with Crippen LogP contribution < -0.4 is 0 Å². The molecule has 0 saturated carbocycles. The molecule has 0 amide bonds. The van der Waals surface area contributed by atoms with Crippen LogP contribution in [0.2, 0.25) is 0 Å². The SMILES string of the molecule is c1ccc2c(c1)nnn2CN1CCCN(Cn2nnc3ccccc32)C1. The minimum absolute atomic E-state index is 0.745. The molecular formula is C18H20N8. The molecule has 1 saturated heterocycles. The van der Waals surface area contributed by atoms with Gasteiger partial charge in [-0.2, -0.15) is 0 Å². The standard InChI is InChI=1S/C18H20N8/c1-3-8-17-15(6-1)19-21-25(17)13-23-10-5-11-24(12-23)14-26-18-9-4-2-7-16(18)20-22-26/h1-4,6-9H,5,10-14H2. The summed E-state index contributed by atoms with van der Waals surface area (Å²) in [6.45, 7) is 4.48. The van der Waals surface area contributed by atoms with Crippen molar-refractivity contribution in [3.8, 4) is 0 Å². The number of benzene rings is 2. The van der Waals surface area contributed by atoms with Gasteiger partial charge in [0.15, 0.2) is 0 Å². The van der Waals surface area contributed by atoms with E-state index < -0.39 is 0 Å². The summed E-state index contributed by atoms with van der Waals surface area (Å²) in [4.78, 5) is 4.79. The molecule has 0 atom stereocenters. The number of rotatable bonds is 4. The Kier molecular flexibility index (Phi) is 3.84. The number of aromatic nitrogens is 6. The number of hydrogen-bond donors (Lipinski definition) is 0. The molecule has 2 aromatic heterocycles. The van der Waals surface area contributed by atoms with E-state index in [0.29, 0.717) is 0 Å². The summed E-state index contributed by atoms with van der Waals surface area (Å²) in [6.07, 6.45) is 1.12. The van der Waals surface area contributed by atoms with Gasteiger partial charge in [-0.15, -0.1) is 10.2 Å². The molecule has 5 rings (SSSR count). The fourth-order valence-corrected chi connectivity index (χ4v) is 3.60. The Morgan fingerprint density at radius 1 is 0.692 bits per heavy atom. The lowest BCUT2D eigenvalue weighted by molar-refractivity contribution is 0.0372. The third-order valence-corrected chi connectivity index (χ3v) is 4.86. The van der Waals surface area contributed by atoms with Gasteiger partial charge in [0.2, 0.25) is 0 Å². The fraction of sp³-hybridized carbons (Fsp3) is 0.333. The second kappa shape index (κ2) is 6.47. The molecule has 8 heteroatoms. The molecule has 4 aromatic rings. The van der Waals surface area contributed by atoms with Gasteiger partial charge < -0.3 is 0 Å². The molecule has 0 aliphatic carbocycles. The molecule has 0 spiro atoms. The smallest absolute Gasteiger partial charge is 0.113 e. The molecule has 1 aliphatic rings. The fourth-order valence-electron chi connectivity index (χ4n) is 3.60. The molecule has 0 N–H and O–H groups in total. The normalized spacial score (nSPS) is 16.6. The van der Waals surface area contributed by atoms with Crippen LogP contribution in [0.15, 0.2) is 48.5 Å². The van der Waals surface area contributed by atoms with Crippen molar-refractivity contribution in [1.82, 2.24) is 39.8 Å². The molecular weight excluding hydrogens is 328 g/mol. The van der Waals surface area contributed by atoms with Crippen LogP contribution in [0.25, 0.3) is 22.1 Å². The van der Waals surface area contributed by atoms with Gasteiger partial charge in [0, 0.05) is 13.1 Å². The van der Waals surface area contributed by atoms with Crippen molar-refractivity contribution >= 4 is 22.1 Å². The topological polar surface area (TPSA) is 67.9 Å². The second-order valence-corrected chi connectivity index (χ2v) is 6.72. The highest BCUT2D eigenvalue weighted by Crippen LogP contribution is 2.15. The lowest BCUT2D eigenvalue weighted by Crippen LogP contribution is -2.46. The van der Waals surface area contributed by atoms with E-state index in [9.17, 15) is 0 Å². The summed E-state index contributed by atoms with van der Waals surface area (Å²) in [7, 11) is 0. The van der Waals surface area contributed by atoms with Gasteiger partial charge in [-0.25, -0.2) is 9.36 Å². The van der Waals surface area contributed by atoms with Crippen molar-refractivity contribution in [3.05, 3.63) is 48.5 Å². The average Bonchev–Trinajstić information content (AvgIpc) is 3.27. The van der Waals surface area contributed by atoms with Crippen molar-refractivity contribution in [2.75, 3.05) is 19.8 Å². The highest BCUT2D eigenvalue weighted by molar-refractivity contribution is 5.74. The zero-order valence-corrected chi connectivity index (χ0v) is 14.4. The monoisotopic (exact) mass is 348 g/mol. The van der Waals surface area contributed by atoms with E-state index >= 15 is 0 Å². The van der Waals surface area contributed by atoms with Gasteiger partial charge in [0.05, 0.1) is 31.0 Å². The summed E-state index contributed by atoms with van der Waals surface area (Å²) in [5.74, 6) is 0. The molecule has 3 heterocycles. The van der Waals surface area contributed by atoms with Crippen molar-refractivity contribution in [2.45, 2.75) is 19.8 Å². The first-order valence-electron chi connectivity index (χ1n) is 8.88. The first-order valence-corrected chi connectivity index (χ1v) is 8.88. The third kappa shape index (κ3) is 2.83. The van der Waals surface area contributed by atoms with E-state index in [1.54, 1.807) is 0 Å². The Bertz CT molecular complexity index is 954. The zero-order chi connectivity index (χ0) is 17.3. The Hall–Kier alpha value is -2.84. The highest BCUT2D eigenvalue weighted by Gasteiger charge is 2.20. The number of nitrogens with zero attached hydrogens (tertiary/aromatic N) is 8. The van der Waals surface area contributed by atoms with Gasteiger partial charge in [-0.1, -0.05) is 34.7 Å². The maximum Gasteiger partial charge on any atom is 0.113 e. The van der Waals surface area contributed by atoms with Gasteiger partial charge >= 0.3 is 0 Å².